The van der Waals surface area contributed by atoms with Crippen LogP contribution in [0.5, 0.6) is 0 Å². The Morgan fingerprint density at radius 1 is 1.42 bits per heavy atom. The van der Waals surface area contributed by atoms with Gasteiger partial charge < -0.3 is 5.73 Å². The number of nitrogens with zero attached hydrogens (tertiary/aromatic N) is 4. The van der Waals surface area contributed by atoms with Gasteiger partial charge >= 0.3 is 0 Å². The first kappa shape index (κ1) is 13.2. The molecule has 0 aliphatic carbocycles. The number of nitro benzene ring substituents is 1. The first-order valence-electron chi connectivity index (χ1n) is 5.76. The van der Waals surface area contributed by atoms with Crippen molar-refractivity contribution in [2.45, 2.75) is 26.3 Å². The fourth-order valence-electron chi connectivity index (χ4n) is 1.69. The Morgan fingerprint density at radius 3 is 2.58 bits per heavy atom. The lowest BCUT2D eigenvalue weighted by atomic mass is 10.0. The molecule has 0 spiro atoms. The molecule has 0 radical (unpaired) electrons. The first-order valence-corrected chi connectivity index (χ1v) is 5.76. The number of hydrogen-bond donors (Lipinski definition) is 1. The number of nitro groups is 1. The number of nitrogens with two attached hydrogens (primary N) is 1. The van der Waals surface area contributed by atoms with E-state index in [2.05, 4.69) is 10.3 Å². The van der Waals surface area contributed by atoms with E-state index in [0.29, 0.717) is 5.69 Å². The quantitative estimate of drug-likeness (QED) is 0.669. The largest absolute Gasteiger partial charge is 0.320 e. The van der Waals surface area contributed by atoms with Gasteiger partial charge in [0, 0.05) is 12.1 Å². The van der Waals surface area contributed by atoms with E-state index in [1.54, 1.807) is 23.9 Å². The summed E-state index contributed by atoms with van der Waals surface area (Å²) in [7, 11) is 0. The van der Waals surface area contributed by atoms with Crippen molar-refractivity contribution in [3.8, 4) is 5.69 Å². The summed E-state index contributed by atoms with van der Waals surface area (Å²) in [6, 6.07) is 4.59. The maximum absolute atomic E-state index is 10.7. The summed E-state index contributed by atoms with van der Waals surface area (Å²) < 4.78 is 1.57. The van der Waals surface area contributed by atoms with Crippen LogP contribution < -0.4 is 5.73 Å². The van der Waals surface area contributed by atoms with Crippen LogP contribution in [0.1, 0.15) is 25.1 Å². The Labute approximate surface area is 110 Å². The molecule has 0 amide bonds. The Hall–Kier alpha value is -2.28. The van der Waals surface area contributed by atoms with Gasteiger partial charge in [0.25, 0.3) is 5.69 Å². The van der Waals surface area contributed by atoms with Crippen LogP contribution in [0.3, 0.4) is 0 Å². The molecule has 2 N–H and O–H groups in total. The van der Waals surface area contributed by atoms with Crippen molar-refractivity contribution in [1.29, 1.82) is 0 Å². The highest BCUT2D eigenvalue weighted by atomic mass is 16.6. The molecule has 19 heavy (non-hydrogen) atoms. The molecular weight excluding hydrogens is 246 g/mol. The minimum Gasteiger partial charge on any atom is -0.320 e. The van der Waals surface area contributed by atoms with Crippen LogP contribution in [-0.4, -0.2) is 19.9 Å². The predicted molar refractivity (Wildman–Crippen MR) is 70.0 cm³/mol. The predicted octanol–water partition coefficient (Wildman–Crippen LogP) is 1.68. The zero-order valence-corrected chi connectivity index (χ0v) is 11.0. The summed E-state index contributed by atoms with van der Waals surface area (Å²) in [4.78, 5) is 10.3. The standard InChI is InChI=1S/C12H15N5O2/c1-8-6-9(17(18)19)4-5-10(8)16-7-11(14-15-16)12(2,3)13/h4-7H,13H2,1-3H3. The van der Waals surface area contributed by atoms with Crippen molar-refractivity contribution in [1.82, 2.24) is 15.0 Å². The SMILES string of the molecule is Cc1cc([N+](=O)[O-])ccc1-n1cc(C(C)(C)N)nn1. The molecule has 0 aliphatic heterocycles. The molecule has 0 aliphatic rings. The van der Waals surface area contributed by atoms with Crippen molar-refractivity contribution in [3.05, 3.63) is 45.8 Å². The van der Waals surface area contributed by atoms with Crippen molar-refractivity contribution >= 4 is 5.69 Å². The average Bonchev–Trinajstić information content (AvgIpc) is 2.77. The second-order valence-corrected chi connectivity index (χ2v) is 5.00. The van der Waals surface area contributed by atoms with E-state index in [1.165, 1.54) is 12.1 Å². The highest BCUT2D eigenvalue weighted by molar-refractivity contribution is 5.47. The molecule has 100 valence electrons. The fraction of sp³-hybridized carbons (Fsp3) is 0.333. The monoisotopic (exact) mass is 261 g/mol. The van der Waals surface area contributed by atoms with Crippen molar-refractivity contribution in [2.75, 3.05) is 0 Å². The third-order valence-electron chi connectivity index (χ3n) is 2.79. The Kier molecular flexibility index (Phi) is 3.07. The minimum absolute atomic E-state index is 0.0562. The lowest BCUT2D eigenvalue weighted by Gasteiger charge is -2.13. The van der Waals surface area contributed by atoms with Crippen LogP contribution in [0.2, 0.25) is 0 Å². The number of non-ortho nitro benzene ring substituents is 1. The zero-order valence-electron chi connectivity index (χ0n) is 11.0. The van der Waals surface area contributed by atoms with Crippen LogP contribution in [0.25, 0.3) is 5.69 Å². The van der Waals surface area contributed by atoms with Crippen LogP contribution >= 0.6 is 0 Å². The summed E-state index contributed by atoms with van der Waals surface area (Å²) >= 11 is 0. The van der Waals surface area contributed by atoms with Gasteiger partial charge in [0.05, 0.1) is 22.3 Å². The fourth-order valence-corrected chi connectivity index (χ4v) is 1.69. The van der Waals surface area contributed by atoms with E-state index < -0.39 is 10.5 Å². The summed E-state index contributed by atoms with van der Waals surface area (Å²) in [6.07, 6.45) is 1.73. The van der Waals surface area contributed by atoms with E-state index in [4.69, 9.17) is 5.73 Å². The second-order valence-electron chi connectivity index (χ2n) is 5.00. The third kappa shape index (κ3) is 2.60. The number of benzene rings is 1. The van der Waals surface area contributed by atoms with E-state index in [1.807, 2.05) is 13.8 Å². The van der Waals surface area contributed by atoms with Gasteiger partial charge in [-0.3, -0.25) is 10.1 Å². The van der Waals surface area contributed by atoms with E-state index >= 15 is 0 Å². The van der Waals surface area contributed by atoms with Crippen molar-refractivity contribution in [3.63, 3.8) is 0 Å². The van der Waals surface area contributed by atoms with Crippen molar-refractivity contribution in [2.24, 2.45) is 5.73 Å². The molecule has 1 aromatic carbocycles. The van der Waals surface area contributed by atoms with Gasteiger partial charge in [-0.2, -0.15) is 0 Å². The average molecular weight is 261 g/mol. The normalized spacial score (nSPS) is 11.6. The van der Waals surface area contributed by atoms with Gasteiger partial charge in [-0.05, 0) is 32.4 Å². The molecule has 2 aromatic rings. The molecule has 0 saturated heterocycles. The Bertz CT molecular complexity index is 627. The summed E-state index contributed by atoms with van der Waals surface area (Å²) in [5.41, 5.74) is 7.58. The topological polar surface area (TPSA) is 99.9 Å². The Morgan fingerprint density at radius 2 is 2.11 bits per heavy atom. The molecule has 0 unspecified atom stereocenters. The van der Waals surface area contributed by atoms with Gasteiger partial charge in [-0.1, -0.05) is 5.21 Å². The van der Waals surface area contributed by atoms with Gasteiger partial charge in [0.2, 0.25) is 0 Å². The molecule has 0 atom stereocenters. The van der Waals surface area contributed by atoms with Gasteiger partial charge in [-0.15, -0.1) is 5.10 Å². The molecule has 7 heteroatoms. The molecule has 1 heterocycles. The zero-order chi connectivity index (χ0) is 14.2. The first-order chi connectivity index (χ1) is 8.79. The molecule has 0 saturated carbocycles. The number of aromatic nitrogens is 3. The molecule has 0 fully saturated rings. The number of rotatable bonds is 3. The minimum atomic E-state index is -0.576. The Balaban J connectivity index is 2.43. The highest BCUT2D eigenvalue weighted by Gasteiger charge is 2.19. The van der Waals surface area contributed by atoms with Gasteiger partial charge in [0.15, 0.2) is 0 Å². The maximum Gasteiger partial charge on any atom is 0.269 e. The molecule has 0 bridgehead atoms. The van der Waals surface area contributed by atoms with Gasteiger partial charge in [0.1, 0.15) is 5.69 Å². The molecule has 2 rings (SSSR count). The van der Waals surface area contributed by atoms with Crippen LogP contribution in [-0.2, 0) is 5.54 Å². The second kappa shape index (κ2) is 4.43. The lowest BCUT2D eigenvalue weighted by molar-refractivity contribution is -0.384. The van der Waals surface area contributed by atoms with E-state index in [9.17, 15) is 10.1 Å². The highest BCUT2D eigenvalue weighted by Crippen LogP contribution is 2.21. The van der Waals surface area contributed by atoms with Crippen molar-refractivity contribution < 1.29 is 4.92 Å². The smallest absolute Gasteiger partial charge is 0.269 e. The van der Waals surface area contributed by atoms with Crippen LogP contribution in [0.15, 0.2) is 24.4 Å². The van der Waals surface area contributed by atoms with E-state index in [0.717, 1.165) is 11.3 Å². The molecule has 7 nitrogen and oxygen atoms in total. The van der Waals surface area contributed by atoms with Gasteiger partial charge in [-0.25, -0.2) is 4.68 Å². The summed E-state index contributed by atoms with van der Waals surface area (Å²) in [5.74, 6) is 0. The number of aryl methyl sites for hydroxylation is 1. The molecule has 1 aromatic heterocycles. The molecular formula is C12H15N5O2. The van der Waals surface area contributed by atoms with E-state index in [-0.39, 0.29) is 5.69 Å². The maximum atomic E-state index is 10.7. The lowest BCUT2D eigenvalue weighted by Crippen LogP contribution is -2.29. The third-order valence-corrected chi connectivity index (χ3v) is 2.79. The summed E-state index contributed by atoms with van der Waals surface area (Å²) in [6.45, 7) is 5.46. The van der Waals surface area contributed by atoms with Crippen LogP contribution in [0, 0.1) is 17.0 Å². The number of hydrogen-bond acceptors (Lipinski definition) is 5. The summed E-state index contributed by atoms with van der Waals surface area (Å²) in [5, 5.41) is 18.7. The van der Waals surface area contributed by atoms with Crippen LogP contribution in [0.4, 0.5) is 5.69 Å².